The first-order valence-corrected chi connectivity index (χ1v) is 6.33. The van der Waals surface area contributed by atoms with Crippen molar-refractivity contribution in [1.82, 2.24) is 5.43 Å². The average Bonchev–Trinajstić information content (AvgIpc) is 2.25. The van der Waals surface area contributed by atoms with E-state index < -0.39 is 0 Å². The number of hydrogen-bond acceptors (Lipinski definition) is 3. The van der Waals surface area contributed by atoms with Crippen molar-refractivity contribution < 1.29 is 4.79 Å². The molecule has 4 heteroatoms. The second-order valence-corrected chi connectivity index (χ2v) is 5.85. The van der Waals surface area contributed by atoms with Crippen LogP contribution in [0, 0.1) is 5.41 Å². The van der Waals surface area contributed by atoms with Gasteiger partial charge in [0.2, 0.25) is 0 Å². The summed E-state index contributed by atoms with van der Waals surface area (Å²) >= 11 is 5.81. The molecule has 1 aromatic rings. The highest BCUT2D eigenvalue weighted by molar-refractivity contribution is 6.30. The van der Waals surface area contributed by atoms with Crippen molar-refractivity contribution in [3.8, 4) is 0 Å². The maximum atomic E-state index is 11.6. The van der Waals surface area contributed by atoms with Gasteiger partial charge in [-0.05, 0) is 36.1 Å². The number of carbonyl (C=O) groups is 1. The molecule has 0 fully saturated rings. The third-order valence-electron chi connectivity index (χ3n) is 2.87. The minimum atomic E-state index is 0.0237. The van der Waals surface area contributed by atoms with Crippen LogP contribution in [-0.2, 0) is 4.79 Å². The lowest BCUT2D eigenvalue weighted by Gasteiger charge is -2.29. The van der Waals surface area contributed by atoms with Crippen LogP contribution in [0.25, 0.3) is 0 Å². The predicted molar refractivity (Wildman–Crippen MR) is 74.3 cm³/mol. The molecule has 2 rings (SSSR count). The third-order valence-corrected chi connectivity index (χ3v) is 3.12. The molecule has 96 valence electrons. The zero-order chi connectivity index (χ0) is 13.2. The van der Waals surface area contributed by atoms with Crippen molar-refractivity contribution in [2.45, 2.75) is 26.7 Å². The van der Waals surface area contributed by atoms with E-state index in [0.29, 0.717) is 11.4 Å². The van der Waals surface area contributed by atoms with E-state index in [0.717, 1.165) is 17.8 Å². The molecule has 18 heavy (non-hydrogen) atoms. The Labute approximate surface area is 112 Å². The normalized spacial score (nSPS) is 18.2. The average molecular weight is 265 g/mol. The first-order chi connectivity index (χ1) is 8.44. The number of allylic oxidation sites excluding steroid dienone is 2. The van der Waals surface area contributed by atoms with Crippen LogP contribution in [0.15, 0.2) is 36.0 Å². The zero-order valence-electron chi connectivity index (χ0n) is 10.6. The number of hydrazine groups is 1. The Morgan fingerprint density at radius 3 is 2.39 bits per heavy atom. The maximum absolute atomic E-state index is 11.6. The monoisotopic (exact) mass is 264 g/mol. The van der Waals surface area contributed by atoms with Crippen molar-refractivity contribution in [3.63, 3.8) is 0 Å². The zero-order valence-corrected chi connectivity index (χ0v) is 11.3. The molecule has 0 unspecified atom stereocenters. The van der Waals surface area contributed by atoms with E-state index >= 15 is 0 Å². The van der Waals surface area contributed by atoms with E-state index in [1.165, 1.54) is 0 Å². The lowest BCUT2D eigenvalue weighted by molar-refractivity contribution is -0.117. The van der Waals surface area contributed by atoms with Gasteiger partial charge in [-0.3, -0.25) is 4.79 Å². The fourth-order valence-corrected chi connectivity index (χ4v) is 2.24. The Hall–Kier alpha value is -1.48. The summed E-state index contributed by atoms with van der Waals surface area (Å²) < 4.78 is 0. The van der Waals surface area contributed by atoms with Crippen molar-refractivity contribution >= 4 is 23.1 Å². The topological polar surface area (TPSA) is 41.1 Å². The van der Waals surface area contributed by atoms with Crippen LogP contribution >= 0.6 is 11.6 Å². The van der Waals surface area contributed by atoms with Gasteiger partial charge in [0.15, 0.2) is 5.78 Å². The van der Waals surface area contributed by atoms with Gasteiger partial charge < -0.3 is 10.9 Å². The molecule has 0 heterocycles. The molecule has 0 amide bonds. The molecule has 0 saturated carbocycles. The van der Waals surface area contributed by atoms with Gasteiger partial charge in [-0.25, -0.2) is 0 Å². The molecule has 1 aromatic carbocycles. The molecule has 0 radical (unpaired) electrons. The number of halogens is 1. The van der Waals surface area contributed by atoms with E-state index in [1.807, 2.05) is 24.3 Å². The number of rotatable bonds is 3. The Kier molecular flexibility index (Phi) is 3.62. The highest BCUT2D eigenvalue weighted by Gasteiger charge is 2.27. The Morgan fingerprint density at radius 1 is 1.11 bits per heavy atom. The van der Waals surface area contributed by atoms with Gasteiger partial charge in [0.25, 0.3) is 0 Å². The predicted octanol–water partition coefficient (Wildman–Crippen LogP) is 3.53. The van der Waals surface area contributed by atoms with Crippen LogP contribution < -0.4 is 10.9 Å². The quantitative estimate of drug-likeness (QED) is 0.821. The highest BCUT2D eigenvalue weighted by atomic mass is 35.5. The molecular weight excluding hydrogens is 248 g/mol. The Bertz CT molecular complexity index is 477. The molecule has 0 spiro atoms. The van der Waals surface area contributed by atoms with Gasteiger partial charge in [0.1, 0.15) is 0 Å². The first-order valence-electron chi connectivity index (χ1n) is 5.96. The molecule has 0 bridgehead atoms. The van der Waals surface area contributed by atoms with Gasteiger partial charge >= 0.3 is 0 Å². The van der Waals surface area contributed by atoms with Crippen molar-refractivity contribution in [2.24, 2.45) is 5.41 Å². The lowest BCUT2D eigenvalue weighted by atomic mass is 9.79. The molecule has 1 aliphatic carbocycles. The second-order valence-electron chi connectivity index (χ2n) is 5.41. The summed E-state index contributed by atoms with van der Waals surface area (Å²) in [6.07, 6.45) is 3.15. The molecule has 0 atom stereocenters. The number of ketones is 1. The summed E-state index contributed by atoms with van der Waals surface area (Å²) in [7, 11) is 0. The van der Waals surface area contributed by atoms with Crippen LogP contribution in [0.2, 0.25) is 5.02 Å². The lowest BCUT2D eigenvalue weighted by Crippen LogP contribution is -2.30. The molecule has 0 saturated heterocycles. The fraction of sp³-hybridized carbons (Fsp3) is 0.357. The minimum Gasteiger partial charge on any atom is -0.305 e. The molecule has 3 nitrogen and oxygen atoms in total. The largest absolute Gasteiger partial charge is 0.305 e. The smallest absolute Gasteiger partial charge is 0.158 e. The van der Waals surface area contributed by atoms with Gasteiger partial charge in [-0.15, -0.1) is 0 Å². The summed E-state index contributed by atoms with van der Waals surface area (Å²) in [5, 5.41) is 0.703. The Balaban J connectivity index is 1.98. The molecule has 0 aliphatic heterocycles. The number of benzene rings is 1. The Morgan fingerprint density at radius 2 is 1.78 bits per heavy atom. The maximum Gasteiger partial charge on any atom is 0.158 e. The number of hydrogen-bond donors (Lipinski definition) is 2. The van der Waals surface area contributed by atoms with E-state index in [4.69, 9.17) is 11.6 Å². The van der Waals surface area contributed by atoms with Gasteiger partial charge in [-0.1, -0.05) is 25.4 Å². The van der Waals surface area contributed by atoms with Crippen LogP contribution in [0.1, 0.15) is 26.7 Å². The van der Waals surface area contributed by atoms with Crippen molar-refractivity contribution in [2.75, 3.05) is 5.43 Å². The highest BCUT2D eigenvalue weighted by Crippen LogP contribution is 2.32. The molecule has 2 N–H and O–H groups in total. The summed E-state index contributed by atoms with van der Waals surface area (Å²) in [4.78, 5) is 11.6. The fourth-order valence-electron chi connectivity index (χ4n) is 2.11. The van der Waals surface area contributed by atoms with Crippen molar-refractivity contribution in [1.29, 1.82) is 0 Å². The molecule has 1 aliphatic rings. The summed E-state index contributed by atoms with van der Waals surface area (Å²) in [5.74, 6) is 0.173. The van der Waals surface area contributed by atoms with Crippen LogP contribution in [0.4, 0.5) is 5.69 Å². The van der Waals surface area contributed by atoms with Gasteiger partial charge in [0, 0.05) is 23.2 Å². The van der Waals surface area contributed by atoms with Crippen LogP contribution in [0.3, 0.4) is 0 Å². The second kappa shape index (κ2) is 5.02. The van der Waals surface area contributed by atoms with E-state index in [1.54, 1.807) is 6.08 Å². The summed E-state index contributed by atoms with van der Waals surface area (Å²) in [6, 6.07) is 7.39. The van der Waals surface area contributed by atoms with E-state index in [9.17, 15) is 4.79 Å². The van der Waals surface area contributed by atoms with Gasteiger partial charge in [-0.2, -0.15) is 0 Å². The van der Waals surface area contributed by atoms with Crippen molar-refractivity contribution in [3.05, 3.63) is 41.1 Å². The summed E-state index contributed by atoms with van der Waals surface area (Å²) in [5.41, 5.74) is 8.02. The van der Waals surface area contributed by atoms with E-state index in [-0.39, 0.29) is 11.2 Å². The van der Waals surface area contributed by atoms with Crippen LogP contribution in [-0.4, -0.2) is 5.78 Å². The number of carbonyl (C=O) groups excluding carboxylic acids is 1. The van der Waals surface area contributed by atoms with Gasteiger partial charge in [0.05, 0.1) is 5.69 Å². The van der Waals surface area contributed by atoms with E-state index in [2.05, 4.69) is 24.7 Å². The summed E-state index contributed by atoms with van der Waals surface area (Å²) in [6.45, 7) is 4.20. The molecule has 0 aromatic heterocycles. The SMILES string of the molecule is CC1(C)CC(=O)C=C(NNc2ccc(Cl)cc2)C1. The third kappa shape index (κ3) is 3.50. The number of nitrogens with one attached hydrogen (secondary N) is 2. The standard InChI is InChI=1S/C14H17ClN2O/c1-14(2)8-12(7-13(18)9-14)17-16-11-5-3-10(15)4-6-11/h3-7,16-17H,8-9H2,1-2H3. The van der Waals surface area contributed by atoms with Crippen LogP contribution in [0.5, 0.6) is 0 Å². The minimum absolute atomic E-state index is 0.0237. The number of anilines is 1. The first kappa shape index (κ1) is 13.0. The molecular formula is C14H17ClN2O.